The first-order valence-electron chi connectivity index (χ1n) is 11.4. The van der Waals surface area contributed by atoms with Crippen molar-refractivity contribution >= 4 is 21.6 Å². The molecular formula is C27H30N2O3S. The van der Waals surface area contributed by atoms with Crippen LogP contribution in [0.25, 0.3) is 0 Å². The zero-order valence-corrected chi connectivity index (χ0v) is 20.1. The summed E-state index contributed by atoms with van der Waals surface area (Å²) in [7, 11) is -3.70. The van der Waals surface area contributed by atoms with Crippen molar-refractivity contribution in [1.82, 2.24) is 5.32 Å². The van der Waals surface area contributed by atoms with Gasteiger partial charge in [0.2, 0.25) is 0 Å². The van der Waals surface area contributed by atoms with Gasteiger partial charge in [0.1, 0.15) is 0 Å². The zero-order valence-electron chi connectivity index (χ0n) is 19.3. The summed E-state index contributed by atoms with van der Waals surface area (Å²) in [6, 6.07) is 18.1. The molecule has 1 amide bonds. The smallest absolute Gasteiger partial charge is 0.261 e. The van der Waals surface area contributed by atoms with E-state index in [-0.39, 0.29) is 16.8 Å². The summed E-state index contributed by atoms with van der Waals surface area (Å²) >= 11 is 0. The van der Waals surface area contributed by atoms with Gasteiger partial charge in [-0.2, -0.15) is 0 Å². The van der Waals surface area contributed by atoms with Crippen LogP contribution in [0.1, 0.15) is 64.0 Å². The van der Waals surface area contributed by atoms with Crippen molar-refractivity contribution in [3.8, 4) is 0 Å². The van der Waals surface area contributed by atoms with Crippen molar-refractivity contribution < 1.29 is 13.2 Å². The van der Waals surface area contributed by atoms with Crippen LogP contribution in [-0.2, 0) is 22.9 Å². The van der Waals surface area contributed by atoms with Gasteiger partial charge in [-0.25, -0.2) is 8.42 Å². The first-order chi connectivity index (χ1) is 15.7. The SMILES string of the molecule is Cc1ccc(S(=O)(=O)Nc2ccc(C(=O)N[C@H](C)c3ccc4c(c3)CCCC4)cc2C)cc1. The quantitative estimate of drug-likeness (QED) is 0.510. The molecule has 0 aliphatic heterocycles. The highest BCUT2D eigenvalue weighted by atomic mass is 32.2. The van der Waals surface area contributed by atoms with E-state index in [1.807, 2.05) is 13.8 Å². The minimum absolute atomic E-state index is 0.121. The lowest BCUT2D eigenvalue weighted by Crippen LogP contribution is -2.27. The van der Waals surface area contributed by atoms with Crippen LogP contribution in [0.4, 0.5) is 5.69 Å². The van der Waals surface area contributed by atoms with Crippen LogP contribution >= 0.6 is 0 Å². The largest absolute Gasteiger partial charge is 0.346 e. The maximum Gasteiger partial charge on any atom is 0.261 e. The van der Waals surface area contributed by atoms with Gasteiger partial charge in [-0.15, -0.1) is 0 Å². The molecule has 0 aromatic heterocycles. The average Bonchev–Trinajstić information content (AvgIpc) is 2.80. The summed E-state index contributed by atoms with van der Waals surface area (Å²) < 4.78 is 28.0. The van der Waals surface area contributed by atoms with Crippen LogP contribution < -0.4 is 10.0 Å². The standard InChI is InChI=1S/C27H30N2O3S/c1-18-8-13-25(14-9-18)33(31,32)29-26-15-12-24(16-19(26)2)27(30)28-20(3)22-11-10-21-6-4-5-7-23(21)17-22/h8-17,20,29H,4-7H2,1-3H3,(H,28,30)/t20-/m1/s1. The summed E-state index contributed by atoms with van der Waals surface area (Å²) in [5.41, 5.74) is 6.53. The van der Waals surface area contributed by atoms with Crippen molar-refractivity contribution in [2.75, 3.05) is 4.72 Å². The van der Waals surface area contributed by atoms with Gasteiger partial charge in [0.05, 0.1) is 16.6 Å². The van der Waals surface area contributed by atoms with E-state index in [9.17, 15) is 13.2 Å². The predicted molar refractivity (Wildman–Crippen MR) is 132 cm³/mol. The van der Waals surface area contributed by atoms with Gasteiger partial charge in [-0.1, -0.05) is 35.9 Å². The van der Waals surface area contributed by atoms with Gasteiger partial charge >= 0.3 is 0 Å². The molecule has 0 heterocycles. The number of rotatable bonds is 6. The van der Waals surface area contributed by atoms with Gasteiger partial charge < -0.3 is 5.32 Å². The fraction of sp³-hybridized carbons (Fsp3) is 0.296. The van der Waals surface area contributed by atoms with Gasteiger partial charge in [-0.3, -0.25) is 9.52 Å². The minimum atomic E-state index is -3.70. The lowest BCUT2D eigenvalue weighted by molar-refractivity contribution is 0.0940. The summed E-state index contributed by atoms with van der Waals surface area (Å²) in [5.74, 6) is -0.184. The second-order valence-corrected chi connectivity index (χ2v) is 10.6. The number of nitrogens with one attached hydrogen (secondary N) is 2. The molecule has 0 bridgehead atoms. The van der Waals surface area contributed by atoms with Gasteiger partial charge in [0, 0.05) is 5.56 Å². The molecule has 1 atom stereocenters. The fourth-order valence-electron chi connectivity index (χ4n) is 4.23. The number of carbonyl (C=O) groups excluding carboxylic acids is 1. The molecule has 5 nitrogen and oxygen atoms in total. The highest BCUT2D eigenvalue weighted by Gasteiger charge is 2.18. The second-order valence-electron chi connectivity index (χ2n) is 8.88. The Bertz CT molecular complexity index is 1280. The molecule has 172 valence electrons. The fourth-order valence-corrected chi connectivity index (χ4v) is 5.36. The third kappa shape index (κ3) is 5.28. The van der Waals surface area contributed by atoms with Crippen molar-refractivity contribution in [1.29, 1.82) is 0 Å². The molecule has 3 aromatic carbocycles. The van der Waals surface area contributed by atoms with Crippen LogP contribution in [0.15, 0.2) is 65.6 Å². The summed E-state index contributed by atoms with van der Waals surface area (Å²) in [6.45, 7) is 5.68. The van der Waals surface area contributed by atoms with Crippen LogP contribution in [0, 0.1) is 13.8 Å². The topological polar surface area (TPSA) is 75.3 Å². The van der Waals surface area contributed by atoms with Gasteiger partial charge in [-0.05, 0) is 99.0 Å². The normalized spacial score (nSPS) is 14.3. The lowest BCUT2D eigenvalue weighted by Gasteiger charge is -2.20. The molecule has 0 unspecified atom stereocenters. The minimum Gasteiger partial charge on any atom is -0.346 e. The highest BCUT2D eigenvalue weighted by molar-refractivity contribution is 7.92. The number of anilines is 1. The number of sulfonamides is 1. The van der Waals surface area contributed by atoms with Gasteiger partial charge in [0.25, 0.3) is 15.9 Å². The van der Waals surface area contributed by atoms with E-state index < -0.39 is 10.0 Å². The van der Waals surface area contributed by atoms with E-state index in [1.165, 1.54) is 24.0 Å². The van der Waals surface area contributed by atoms with E-state index in [2.05, 4.69) is 28.2 Å². The number of fused-ring (bicyclic) bond motifs is 1. The molecule has 0 saturated carbocycles. The van der Waals surface area contributed by atoms with Crippen LogP contribution in [0.5, 0.6) is 0 Å². The molecule has 1 aliphatic carbocycles. The Balaban J connectivity index is 1.46. The second kappa shape index (κ2) is 9.40. The van der Waals surface area contributed by atoms with E-state index in [4.69, 9.17) is 0 Å². The van der Waals surface area contributed by atoms with E-state index in [0.717, 1.165) is 24.0 Å². The molecule has 0 radical (unpaired) electrons. The van der Waals surface area contributed by atoms with Crippen molar-refractivity contribution in [2.45, 2.75) is 57.4 Å². The summed E-state index contributed by atoms with van der Waals surface area (Å²) in [4.78, 5) is 13.1. The Morgan fingerprint density at radius 3 is 2.27 bits per heavy atom. The molecule has 0 spiro atoms. The Morgan fingerprint density at radius 2 is 1.58 bits per heavy atom. The van der Waals surface area contributed by atoms with Crippen molar-refractivity contribution in [2.24, 2.45) is 0 Å². The summed E-state index contributed by atoms with van der Waals surface area (Å²) in [6.07, 6.45) is 4.70. The summed E-state index contributed by atoms with van der Waals surface area (Å²) in [5, 5.41) is 3.07. The Hall–Kier alpha value is -3.12. The molecule has 33 heavy (non-hydrogen) atoms. The molecule has 1 aliphatic rings. The van der Waals surface area contributed by atoms with E-state index >= 15 is 0 Å². The number of hydrogen-bond donors (Lipinski definition) is 2. The Kier molecular flexibility index (Phi) is 6.56. The predicted octanol–water partition coefficient (Wildman–Crippen LogP) is 5.47. The number of carbonyl (C=O) groups is 1. The van der Waals surface area contributed by atoms with Crippen molar-refractivity contribution in [3.05, 3.63) is 94.0 Å². The monoisotopic (exact) mass is 462 g/mol. The van der Waals surface area contributed by atoms with E-state index in [1.54, 1.807) is 49.4 Å². The Labute approximate surface area is 196 Å². The lowest BCUT2D eigenvalue weighted by atomic mass is 9.89. The average molecular weight is 463 g/mol. The first kappa shape index (κ1) is 23.1. The number of amides is 1. The molecule has 0 fully saturated rings. The zero-order chi connectivity index (χ0) is 23.6. The van der Waals surface area contributed by atoms with Crippen LogP contribution in [-0.4, -0.2) is 14.3 Å². The maximum atomic E-state index is 12.9. The van der Waals surface area contributed by atoms with Gasteiger partial charge in [0.15, 0.2) is 0 Å². The molecule has 2 N–H and O–H groups in total. The third-order valence-corrected chi connectivity index (χ3v) is 7.67. The van der Waals surface area contributed by atoms with Crippen LogP contribution in [0.3, 0.4) is 0 Å². The first-order valence-corrected chi connectivity index (χ1v) is 12.8. The third-order valence-electron chi connectivity index (χ3n) is 6.28. The maximum absolute atomic E-state index is 12.9. The molecule has 4 rings (SSSR count). The number of benzene rings is 3. The molecular weight excluding hydrogens is 432 g/mol. The Morgan fingerprint density at radius 1 is 0.879 bits per heavy atom. The molecule has 0 saturated heterocycles. The molecule has 6 heteroatoms. The van der Waals surface area contributed by atoms with Crippen molar-refractivity contribution in [3.63, 3.8) is 0 Å². The highest BCUT2D eigenvalue weighted by Crippen LogP contribution is 2.26. The van der Waals surface area contributed by atoms with Crippen LogP contribution in [0.2, 0.25) is 0 Å². The molecule has 3 aromatic rings. The number of hydrogen-bond acceptors (Lipinski definition) is 3. The van der Waals surface area contributed by atoms with E-state index in [0.29, 0.717) is 16.8 Å². The number of aryl methyl sites for hydroxylation is 4.